The quantitative estimate of drug-likeness (QED) is 0.396. The standard InChI is InChI=1S/C24H46N4O5/c1-11-16(6)20(25)23(31)27(8)17(7)22(30)28(9)19(13-15(4)5)21(29)26-18(12-14(2)3)24(32)33-10/h14-20H,11-13,25H2,1-10H3,(H,26,29)/t16-,17-,18-,19-,20+/m0/s1. The number of nitrogens with two attached hydrogens (primary N) is 1. The van der Waals surface area contributed by atoms with Gasteiger partial charge in [-0.2, -0.15) is 0 Å². The van der Waals surface area contributed by atoms with Crippen LogP contribution in [0.4, 0.5) is 0 Å². The van der Waals surface area contributed by atoms with Crippen molar-refractivity contribution >= 4 is 23.7 Å². The van der Waals surface area contributed by atoms with Crippen molar-refractivity contribution in [2.75, 3.05) is 21.2 Å². The lowest BCUT2D eigenvalue weighted by molar-refractivity contribution is -0.150. The highest BCUT2D eigenvalue weighted by Gasteiger charge is 2.36. The minimum absolute atomic E-state index is 0.0179. The molecule has 5 atom stereocenters. The highest BCUT2D eigenvalue weighted by atomic mass is 16.5. The maximum Gasteiger partial charge on any atom is 0.328 e. The summed E-state index contributed by atoms with van der Waals surface area (Å²) in [6.07, 6.45) is 1.57. The molecule has 0 aromatic rings. The Labute approximate surface area is 199 Å². The molecule has 3 N–H and O–H groups in total. The van der Waals surface area contributed by atoms with Crippen LogP contribution >= 0.6 is 0 Å². The van der Waals surface area contributed by atoms with Crippen LogP contribution in [0.2, 0.25) is 0 Å². The lowest BCUT2D eigenvalue weighted by Crippen LogP contribution is -2.57. The highest BCUT2D eigenvalue weighted by molar-refractivity contribution is 5.94. The van der Waals surface area contributed by atoms with E-state index in [0.29, 0.717) is 12.8 Å². The maximum absolute atomic E-state index is 13.3. The van der Waals surface area contributed by atoms with Crippen molar-refractivity contribution in [2.45, 2.75) is 91.9 Å². The third-order valence-corrected chi connectivity index (χ3v) is 6.15. The van der Waals surface area contributed by atoms with E-state index in [1.54, 1.807) is 21.0 Å². The average Bonchev–Trinajstić information content (AvgIpc) is 2.77. The summed E-state index contributed by atoms with van der Waals surface area (Å²) in [6, 6.07) is -3.10. The van der Waals surface area contributed by atoms with Gasteiger partial charge < -0.3 is 25.6 Å². The van der Waals surface area contributed by atoms with Crippen molar-refractivity contribution in [3.8, 4) is 0 Å². The molecule has 0 fully saturated rings. The van der Waals surface area contributed by atoms with Crippen LogP contribution in [-0.2, 0) is 23.9 Å². The topological polar surface area (TPSA) is 122 Å². The first-order chi connectivity index (χ1) is 15.2. The van der Waals surface area contributed by atoms with Crippen LogP contribution in [0, 0.1) is 17.8 Å². The summed E-state index contributed by atoms with van der Waals surface area (Å²) in [5, 5.41) is 2.76. The van der Waals surface area contributed by atoms with E-state index in [-0.39, 0.29) is 29.6 Å². The van der Waals surface area contributed by atoms with Crippen LogP contribution in [-0.4, -0.2) is 78.9 Å². The molecule has 9 nitrogen and oxygen atoms in total. The van der Waals surface area contributed by atoms with E-state index in [4.69, 9.17) is 10.5 Å². The number of rotatable bonds is 13. The van der Waals surface area contributed by atoms with Gasteiger partial charge in [-0.1, -0.05) is 48.0 Å². The monoisotopic (exact) mass is 470 g/mol. The summed E-state index contributed by atoms with van der Waals surface area (Å²) >= 11 is 0. The molecule has 33 heavy (non-hydrogen) atoms. The van der Waals surface area contributed by atoms with Gasteiger partial charge in [-0.15, -0.1) is 0 Å². The molecule has 9 heteroatoms. The number of ether oxygens (including phenoxy) is 1. The average molecular weight is 471 g/mol. The van der Waals surface area contributed by atoms with E-state index in [0.717, 1.165) is 6.42 Å². The zero-order valence-electron chi connectivity index (χ0n) is 22.2. The highest BCUT2D eigenvalue weighted by Crippen LogP contribution is 2.16. The van der Waals surface area contributed by atoms with Gasteiger partial charge in [0, 0.05) is 14.1 Å². The molecular weight excluding hydrogens is 424 g/mol. The Bertz CT molecular complexity index is 667. The van der Waals surface area contributed by atoms with Crippen LogP contribution in [0.3, 0.4) is 0 Å². The van der Waals surface area contributed by atoms with Crippen LogP contribution in [0.1, 0.15) is 67.7 Å². The third-order valence-electron chi connectivity index (χ3n) is 6.15. The molecule has 0 saturated carbocycles. The number of hydrogen-bond acceptors (Lipinski definition) is 6. The first-order valence-corrected chi connectivity index (χ1v) is 11.9. The van der Waals surface area contributed by atoms with Crippen molar-refractivity contribution in [3.05, 3.63) is 0 Å². The first-order valence-electron chi connectivity index (χ1n) is 11.9. The smallest absolute Gasteiger partial charge is 0.328 e. The molecule has 0 rings (SSSR count). The molecule has 0 aliphatic rings. The minimum atomic E-state index is -0.800. The van der Waals surface area contributed by atoms with Gasteiger partial charge in [-0.3, -0.25) is 14.4 Å². The van der Waals surface area contributed by atoms with E-state index in [2.05, 4.69) is 5.32 Å². The minimum Gasteiger partial charge on any atom is -0.467 e. The molecule has 3 amide bonds. The molecule has 0 aromatic heterocycles. The fourth-order valence-corrected chi connectivity index (χ4v) is 3.52. The summed E-state index contributed by atoms with van der Waals surface area (Å²) in [4.78, 5) is 54.1. The third kappa shape index (κ3) is 9.31. The largest absolute Gasteiger partial charge is 0.467 e. The second-order valence-corrected chi connectivity index (χ2v) is 9.84. The van der Waals surface area contributed by atoms with Gasteiger partial charge in [0.15, 0.2) is 0 Å². The molecule has 0 aliphatic heterocycles. The van der Waals surface area contributed by atoms with E-state index in [1.165, 1.54) is 16.9 Å². The van der Waals surface area contributed by atoms with Crippen molar-refractivity contribution in [1.82, 2.24) is 15.1 Å². The number of nitrogens with one attached hydrogen (secondary N) is 1. The molecule has 0 saturated heterocycles. The second kappa shape index (κ2) is 14.2. The zero-order valence-corrected chi connectivity index (χ0v) is 22.2. The van der Waals surface area contributed by atoms with Gasteiger partial charge >= 0.3 is 5.97 Å². The van der Waals surface area contributed by atoms with Crippen molar-refractivity contribution in [2.24, 2.45) is 23.5 Å². The Kier molecular flexibility index (Phi) is 13.2. The SMILES string of the molecule is CC[C@H](C)[C@@H](N)C(=O)N(C)[C@@H](C)C(=O)N(C)[C@@H](CC(C)C)C(=O)N[C@@H](CC(C)C)C(=O)OC. The van der Waals surface area contributed by atoms with Gasteiger partial charge in [-0.25, -0.2) is 4.79 Å². The van der Waals surface area contributed by atoms with E-state index < -0.39 is 36.0 Å². The van der Waals surface area contributed by atoms with Gasteiger partial charge in [0.2, 0.25) is 17.7 Å². The number of esters is 1. The number of amides is 3. The predicted molar refractivity (Wildman–Crippen MR) is 129 cm³/mol. The summed E-state index contributed by atoms with van der Waals surface area (Å²) in [7, 11) is 4.38. The Morgan fingerprint density at radius 2 is 1.39 bits per heavy atom. The molecule has 0 aliphatic carbocycles. The van der Waals surface area contributed by atoms with Crippen LogP contribution in [0.5, 0.6) is 0 Å². The normalized spacial score (nSPS) is 15.9. The van der Waals surface area contributed by atoms with Gasteiger partial charge in [-0.05, 0) is 37.5 Å². The van der Waals surface area contributed by atoms with E-state index in [9.17, 15) is 19.2 Å². The Morgan fingerprint density at radius 1 is 0.879 bits per heavy atom. The molecule has 192 valence electrons. The molecular formula is C24H46N4O5. The number of likely N-dealkylation sites (N-methyl/N-ethyl adjacent to an activating group) is 2. The van der Waals surface area contributed by atoms with Crippen molar-refractivity contribution in [1.29, 1.82) is 0 Å². The first kappa shape index (κ1) is 30.8. The summed E-state index contributed by atoms with van der Waals surface area (Å²) in [5.41, 5.74) is 6.07. The molecule has 0 bridgehead atoms. The molecule has 0 heterocycles. The van der Waals surface area contributed by atoms with Crippen LogP contribution in [0.25, 0.3) is 0 Å². The van der Waals surface area contributed by atoms with Crippen molar-refractivity contribution < 1.29 is 23.9 Å². The Hall–Kier alpha value is -2.16. The molecule has 0 unspecified atom stereocenters. The maximum atomic E-state index is 13.3. The zero-order chi connectivity index (χ0) is 26.0. The number of nitrogens with zero attached hydrogens (tertiary/aromatic N) is 2. The summed E-state index contributed by atoms with van der Waals surface area (Å²) in [6.45, 7) is 13.3. The number of carbonyl (C=O) groups is 4. The lowest BCUT2D eigenvalue weighted by atomic mass is 9.98. The van der Waals surface area contributed by atoms with Crippen LogP contribution in [0.15, 0.2) is 0 Å². The number of hydrogen-bond donors (Lipinski definition) is 2. The lowest BCUT2D eigenvalue weighted by Gasteiger charge is -2.35. The number of carbonyl (C=O) groups excluding carboxylic acids is 4. The fourth-order valence-electron chi connectivity index (χ4n) is 3.52. The number of methoxy groups -OCH3 is 1. The molecule has 0 aromatic carbocycles. The van der Waals surface area contributed by atoms with Crippen LogP contribution < -0.4 is 11.1 Å². The molecule has 0 spiro atoms. The fraction of sp³-hybridized carbons (Fsp3) is 0.833. The van der Waals surface area contributed by atoms with Gasteiger partial charge in [0.05, 0.1) is 13.2 Å². The van der Waals surface area contributed by atoms with Gasteiger partial charge in [0.25, 0.3) is 0 Å². The van der Waals surface area contributed by atoms with E-state index in [1.807, 2.05) is 41.5 Å². The predicted octanol–water partition coefficient (Wildman–Crippen LogP) is 1.78. The Balaban J connectivity index is 5.65. The summed E-state index contributed by atoms with van der Waals surface area (Å²) in [5.74, 6) is -1.37. The summed E-state index contributed by atoms with van der Waals surface area (Å²) < 4.78 is 4.84. The van der Waals surface area contributed by atoms with E-state index >= 15 is 0 Å². The second-order valence-electron chi connectivity index (χ2n) is 9.84. The Morgan fingerprint density at radius 3 is 1.82 bits per heavy atom. The van der Waals surface area contributed by atoms with Gasteiger partial charge in [0.1, 0.15) is 18.1 Å². The molecule has 0 radical (unpaired) electrons. The van der Waals surface area contributed by atoms with Crippen molar-refractivity contribution in [3.63, 3.8) is 0 Å².